The maximum atomic E-state index is 14.1. The van der Waals surface area contributed by atoms with E-state index in [-0.39, 0.29) is 16.5 Å². The van der Waals surface area contributed by atoms with Crippen LogP contribution in [-0.2, 0) is 29.1 Å². The zero-order valence-electron chi connectivity index (χ0n) is 23.3. The summed E-state index contributed by atoms with van der Waals surface area (Å²) in [7, 11) is -4.32. The Morgan fingerprint density at radius 2 is 1.77 bits per heavy atom. The second kappa shape index (κ2) is 11.6. The second-order valence-electron chi connectivity index (χ2n) is 11.2. The Morgan fingerprint density at radius 1 is 1.13 bits per heavy atom. The molecule has 2 N–H and O–H groups in total. The minimum atomic E-state index is -4.32. The van der Waals surface area contributed by atoms with Crippen molar-refractivity contribution in [2.45, 2.75) is 83.9 Å². The molecule has 1 aliphatic heterocycles. The van der Waals surface area contributed by atoms with Gasteiger partial charge in [-0.1, -0.05) is 37.6 Å². The Hall–Kier alpha value is -3.11. The number of nitrogens with one attached hydrogen (secondary N) is 2. The molecule has 0 saturated carbocycles. The van der Waals surface area contributed by atoms with Crippen LogP contribution in [0.15, 0.2) is 41.3 Å². The third-order valence-corrected chi connectivity index (χ3v) is 8.46. The number of amides is 2. The Labute approximate surface area is 235 Å². The molecule has 2 amide bonds. The average molecular weight is 578 g/mol. The molecular formula is C28H36ClN3O6S. The molecule has 11 heteroatoms. The van der Waals surface area contributed by atoms with Gasteiger partial charge in [0.1, 0.15) is 17.7 Å². The first-order chi connectivity index (χ1) is 18.0. The smallest absolute Gasteiger partial charge is 0.329 e. The van der Waals surface area contributed by atoms with Crippen molar-refractivity contribution in [2.24, 2.45) is 5.92 Å². The van der Waals surface area contributed by atoms with Crippen LogP contribution in [0.2, 0.25) is 5.02 Å². The van der Waals surface area contributed by atoms with Crippen molar-refractivity contribution in [1.29, 1.82) is 0 Å². The number of sulfonamides is 1. The van der Waals surface area contributed by atoms with Crippen LogP contribution in [0.3, 0.4) is 0 Å². The number of benzene rings is 2. The predicted molar refractivity (Wildman–Crippen MR) is 151 cm³/mol. The lowest BCUT2D eigenvalue weighted by atomic mass is 10.0. The predicted octanol–water partition coefficient (Wildman–Crippen LogP) is 4.74. The molecule has 0 radical (unpaired) electrons. The van der Waals surface area contributed by atoms with Crippen molar-refractivity contribution in [1.82, 2.24) is 5.32 Å². The van der Waals surface area contributed by atoms with Gasteiger partial charge in [0.2, 0.25) is 11.8 Å². The molecule has 0 saturated heterocycles. The fraction of sp³-hybridized carbons (Fsp3) is 0.464. The van der Waals surface area contributed by atoms with Crippen LogP contribution in [0.1, 0.15) is 58.6 Å². The summed E-state index contributed by atoms with van der Waals surface area (Å²) in [5, 5.41) is 5.79. The van der Waals surface area contributed by atoms with Crippen molar-refractivity contribution in [2.75, 3.05) is 9.62 Å². The maximum absolute atomic E-state index is 14.1. The number of hydrogen-bond donors (Lipinski definition) is 2. The molecule has 0 spiro atoms. The molecule has 2 atom stereocenters. The zero-order chi connectivity index (χ0) is 29.3. The highest BCUT2D eigenvalue weighted by molar-refractivity contribution is 7.93. The summed E-state index contributed by atoms with van der Waals surface area (Å²) in [6, 6.07) is 7.13. The van der Waals surface area contributed by atoms with Crippen LogP contribution in [0.4, 0.5) is 11.4 Å². The zero-order valence-corrected chi connectivity index (χ0v) is 24.9. The molecule has 39 heavy (non-hydrogen) atoms. The number of carbonyl (C=O) groups is 3. The normalized spacial score (nSPS) is 16.4. The summed E-state index contributed by atoms with van der Waals surface area (Å²) >= 11 is 6.21. The Morgan fingerprint density at radius 3 is 2.38 bits per heavy atom. The molecule has 2 unspecified atom stereocenters. The standard InChI is InChI=1S/C28H36ClN3O6S/c1-16(2)12-21(27(35)38-28(5,6)7)30-25(33)15-23-26(34)31-20-10-8-9-11-22(20)32(23)39(36,37)24-14-17(3)19(29)13-18(24)4/h8-11,13-14,16,21,23H,12,15H2,1-7H3,(H,30,33)(H,31,34). The largest absolute Gasteiger partial charge is 0.458 e. The van der Waals surface area contributed by atoms with Crippen molar-refractivity contribution < 1.29 is 27.5 Å². The van der Waals surface area contributed by atoms with Gasteiger partial charge in [-0.05, 0) is 82.3 Å². The second-order valence-corrected chi connectivity index (χ2v) is 13.4. The van der Waals surface area contributed by atoms with E-state index in [0.29, 0.717) is 28.3 Å². The first kappa shape index (κ1) is 30.4. The summed E-state index contributed by atoms with van der Waals surface area (Å²) in [6.07, 6.45) is -0.200. The van der Waals surface area contributed by atoms with Crippen LogP contribution in [0.5, 0.6) is 0 Å². The fourth-order valence-corrected chi connectivity index (χ4v) is 6.51. The molecule has 0 aliphatic carbocycles. The number of ether oxygens (including phenoxy) is 1. The molecule has 0 fully saturated rings. The summed E-state index contributed by atoms with van der Waals surface area (Å²) < 4.78 is 34.7. The van der Waals surface area contributed by atoms with E-state index in [2.05, 4.69) is 10.6 Å². The van der Waals surface area contributed by atoms with E-state index in [1.165, 1.54) is 6.07 Å². The number of para-hydroxylation sites is 2. The quantitative estimate of drug-likeness (QED) is 0.437. The van der Waals surface area contributed by atoms with Gasteiger partial charge in [-0.2, -0.15) is 0 Å². The van der Waals surface area contributed by atoms with Crippen molar-refractivity contribution >= 4 is 50.8 Å². The molecule has 3 rings (SSSR count). The Kier molecular flexibility index (Phi) is 9.02. The number of aryl methyl sites for hydroxylation is 2. The Balaban J connectivity index is 2.01. The van der Waals surface area contributed by atoms with Crippen molar-refractivity contribution in [3.8, 4) is 0 Å². The van der Waals surface area contributed by atoms with Crippen LogP contribution < -0.4 is 14.9 Å². The molecular weight excluding hydrogens is 542 g/mol. The average Bonchev–Trinajstić information content (AvgIpc) is 2.79. The number of anilines is 2. The van der Waals surface area contributed by atoms with Gasteiger partial charge in [-0.15, -0.1) is 0 Å². The van der Waals surface area contributed by atoms with Gasteiger partial charge in [-0.3, -0.25) is 13.9 Å². The maximum Gasteiger partial charge on any atom is 0.329 e. The van der Waals surface area contributed by atoms with Gasteiger partial charge in [0, 0.05) is 5.02 Å². The van der Waals surface area contributed by atoms with Gasteiger partial charge in [-0.25, -0.2) is 13.2 Å². The van der Waals surface area contributed by atoms with E-state index in [0.717, 1.165) is 4.31 Å². The highest BCUT2D eigenvalue weighted by Crippen LogP contribution is 2.38. The molecule has 2 aromatic carbocycles. The van der Waals surface area contributed by atoms with Crippen LogP contribution in [0, 0.1) is 19.8 Å². The third kappa shape index (κ3) is 7.10. The number of rotatable bonds is 8. The van der Waals surface area contributed by atoms with Crippen molar-refractivity contribution in [3.05, 3.63) is 52.5 Å². The highest BCUT2D eigenvalue weighted by atomic mass is 35.5. The van der Waals surface area contributed by atoms with E-state index in [1.54, 1.807) is 65.0 Å². The van der Waals surface area contributed by atoms with Crippen LogP contribution in [0.25, 0.3) is 0 Å². The van der Waals surface area contributed by atoms with Crippen LogP contribution in [-0.4, -0.2) is 43.9 Å². The number of esters is 1. The lowest BCUT2D eigenvalue weighted by molar-refractivity contribution is -0.159. The molecule has 2 aromatic rings. The first-order valence-electron chi connectivity index (χ1n) is 12.7. The van der Waals surface area contributed by atoms with Gasteiger partial charge in [0.05, 0.1) is 22.7 Å². The molecule has 0 aromatic heterocycles. The molecule has 212 valence electrons. The minimum Gasteiger partial charge on any atom is -0.458 e. The monoisotopic (exact) mass is 577 g/mol. The van der Waals surface area contributed by atoms with E-state index >= 15 is 0 Å². The van der Waals surface area contributed by atoms with E-state index in [1.807, 2.05) is 13.8 Å². The number of carbonyl (C=O) groups excluding carboxylic acids is 3. The third-order valence-electron chi connectivity index (χ3n) is 6.09. The lowest BCUT2D eigenvalue weighted by Gasteiger charge is -2.37. The van der Waals surface area contributed by atoms with E-state index in [9.17, 15) is 22.8 Å². The van der Waals surface area contributed by atoms with E-state index in [4.69, 9.17) is 16.3 Å². The Bertz CT molecular complexity index is 1380. The van der Waals surface area contributed by atoms with Gasteiger partial charge in [0.15, 0.2) is 0 Å². The number of nitrogens with zero attached hydrogens (tertiary/aromatic N) is 1. The number of halogens is 1. The summed E-state index contributed by atoms with van der Waals surface area (Å²) in [4.78, 5) is 39.3. The molecule has 1 aliphatic rings. The van der Waals surface area contributed by atoms with Gasteiger partial charge < -0.3 is 15.4 Å². The highest BCUT2D eigenvalue weighted by Gasteiger charge is 2.43. The minimum absolute atomic E-state index is 0.0225. The summed E-state index contributed by atoms with van der Waals surface area (Å²) in [6.45, 7) is 12.3. The topological polar surface area (TPSA) is 122 Å². The summed E-state index contributed by atoms with van der Waals surface area (Å²) in [5.41, 5.74) is 0.729. The number of fused-ring (bicyclic) bond motifs is 1. The molecule has 0 bridgehead atoms. The molecule has 9 nitrogen and oxygen atoms in total. The van der Waals surface area contributed by atoms with Crippen molar-refractivity contribution in [3.63, 3.8) is 0 Å². The van der Waals surface area contributed by atoms with E-state index < -0.39 is 51.9 Å². The van der Waals surface area contributed by atoms with Gasteiger partial charge in [0.25, 0.3) is 10.0 Å². The fourth-order valence-electron chi connectivity index (χ4n) is 4.36. The summed E-state index contributed by atoms with van der Waals surface area (Å²) in [5.74, 6) is -1.86. The lowest BCUT2D eigenvalue weighted by Crippen LogP contribution is -2.54. The SMILES string of the molecule is Cc1cc(S(=O)(=O)N2c3ccccc3NC(=O)C2CC(=O)NC(CC(C)C)C(=O)OC(C)(C)C)c(C)cc1Cl. The van der Waals surface area contributed by atoms with Crippen LogP contribution >= 0.6 is 11.6 Å². The number of hydrogen-bond acceptors (Lipinski definition) is 6. The molecule has 1 heterocycles. The first-order valence-corrected chi connectivity index (χ1v) is 14.6. The van der Waals surface area contributed by atoms with Gasteiger partial charge >= 0.3 is 5.97 Å².